The maximum atomic E-state index is 11.9. The minimum atomic E-state index is -0.911. The highest BCUT2D eigenvalue weighted by Gasteiger charge is 2.36. The van der Waals surface area contributed by atoms with E-state index in [1.54, 1.807) is 12.1 Å². The van der Waals surface area contributed by atoms with Gasteiger partial charge in [0.25, 0.3) is 0 Å². The number of benzene rings is 1. The Bertz CT molecular complexity index is 560. The molecule has 0 saturated carbocycles. The number of aliphatic hydroxyl groups is 1. The van der Waals surface area contributed by atoms with Crippen LogP contribution in [0.3, 0.4) is 0 Å². The molecule has 1 atom stereocenters. The lowest BCUT2D eigenvalue weighted by Crippen LogP contribution is -2.39. The Morgan fingerprint density at radius 1 is 1.38 bits per heavy atom. The number of esters is 1. The quantitative estimate of drug-likeness (QED) is 0.669. The highest BCUT2D eigenvalue weighted by molar-refractivity contribution is 5.98. The normalized spacial score (nSPS) is 16.0. The van der Waals surface area contributed by atoms with Crippen molar-refractivity contribution in [1.29, 1.82) is 0 Å². The van der Waals surface area contributed by atoms with Gasteiger partial charge in [0.05, 0.1) is 20.8 Å². The van der Waals surface area contributed by atoms with Gasteiger partial charge in [-0.1, -0.05) is 0 Å². The number of fused-ring (bicyclic) bond motifs is 1. The zero-order chi connectivity index (χ0) is 15.4. The summed E-state index contributed by atoms with van der Waals surface area (Å²) in [7, 11) is 2.88. The van der Waals surface area contributed by atoms with Crippen LogP contribution in [0.25, 0.3) is 0 Å². The lowest BCUT2D eigenvalue weighted by Gasteiger charge is -2.14. The van der Waals surface area contributed by atoms with Crippen LogP contribution in [0, 0.1) is 0 Å². The van der Waals surface area contributed by atoms with Crippen LogP contribution < -0.4 is 20.1 Å². The number of methoxy groups -OCH3 is 2. The van der Waals surface area contributed by atoms with Crippen LogP contribution in [-0.2, 0) is 4.74 Å². The Hall–Kier alpha value is -2.48. The predicted molar refractivity (Wildman–Crippen MR) is 71.3 cm³/mol. The van der Waals surface area contributed by atoms with Gasteiger partial charge in [-0.15, -0.1) is 0 Å². The smallest absolute Gasteiger partial charge is 0.344 e. The molecule has 8 nitrogen and oxygen atoms in total. The van der Waals surface area contributed by atoms with Crippen LogP contribution in [0.15, 0.2) is 12.1 Å². The second kappa shape index (κ2) is 6.31. The second-order valence-electron chi connectivity index (χ2n) is 4.17. The standard InChI is InChI=1S/C13H16N2O6/c1-19-8-4-3-7-9(10(8)20-2)12(17)21-11(7)15-13(18)14-5-6-16/h3-4,11,16H,5-6H2,1-2H3,(H2,14,15,18)/t11-/m0/s1. The van der Waals surface area contributed by atoms with E-state index >= 15 is 0 Å². The number of cyclic esters (lactones) is 1. The molecule has 2 rings (SSSR count). The van der Waals surface area contributed by atoms with Gasteiger partial charge < -0.3 is 24.6 Å². The third-order valence-electron chi connectivity index (χ3n) is 2.95. The topological polar surface area (TPSA) is 106 Å². The van der Waals surface area contributed by atoms with Gasteiger partial charge in [0.15, 0.2) is 11.5 Å². The molecule has 1 aliphatic rings. The Morgan fingerprint density at radius 2 is 2.14 bits per heavy atom. The fourth-order valence-electron chi connectivity index (χ4n) is 2.05. The van der Waals surface area contributed by atoms with E-state index in [9.17, 15) is 9.59 Å². The van der Waals surface area contributed by atoms with Crippen molar-refractivity contribution in [2.24, 2.45) is 0 Å². The molecule has 0 spiro atoms. The molecule has 21 heavy (non-hydrogen) atoms. The first-order valence-corrected chi connectivity index (χ1v) is 6.23. The molecule has 0 radical (unpaired) electrons. The molecule has 3 N–H and O–H groups in total. The van der Waals surface area contributed by atoms with E-state index in [2.05, 4.69) is 10.6 Å². The molecule has 0 aromatic heterocycles. The second-order valence-corrected chi connectivity index (χ2v) is 4.17. The van der Waals surface area contributed by atoms with Crippen molar-refractivity contribution in [2.75, 3.05) is 27.4 Å². The SMILES string of the molecule is COc1ccc2c(c1OC)C(=O)O[C@@H]2NC(=O)NCCO. The van der Waals surface area contributed by atoms with E-state index in [0.717, 1.165) is 0 Å². The lowest BCUT2D eigenvalue weighted by molar-refractivity contribution is 0.0335. The van der Waals surface area contributed by atoms with Crippen LogP contribution >= 0.6 is 0 Å². The van der Waals surface area contributed by atoms with E-state index in [0.29, 0.717) is 11.3 Å². The van der Waals surface area contributed by atoms with Crippen molar-refractivity contribution in [1.82, 2.24) is 10.6 Å². The summed E-state index contributed by atoms with van der Waals surface area (Å²) in [6.45, 7) is -0.0786. The Labute approximate surface area is 121 Å². The maximum absolute atomic E-state index is 11.9. The zero-order valence-corrected chi connectivity index (χ0v) is 11.6. The van der Waals surface area contributed by atoms with Gasteiger partial charge in [0.2, 0.25) is 6.23 Å². The molecule has 0 fully saturated rings. The van der Waals surface area contributed by atoms with Gasteiger partial charge in [-0.25, -0.2) is 9.59 Å². The molecule has 1 aromatic carbocycles. The molecule has 1 aromatic rings. The summed E-state index contributed by atoms with van der Waals surface area (Å²) in [5.41, 5.74) is 0.709. The summed E-state index contributed by atoms with van der Waals surface area (Å²) in [5.74, 6) is 0.0619. The summed E-state index contributed by atoms with van der Waals surface area (Å²) in [4.78, 5) is 23.5. The monoisotopic (exact) mass is 296 g/mol. The average Bonchev–Trinajstić information content (AvgIpc) is 2.80. The van der Waals surface area contributed by atoms with Crippen LogP contribution in [0.1, 0.15) is 22.1 Å². The number of carbonyl (C=O) groups is 2. The summed E-state index contributed by atoms with van der Waals surface area (Å²) in [5, 5.41) is 13.5. The van der Waals surface area contributed by atoms with Crippen molar-refractivity contribution < 1.29 is 28.9 Å². The Morgan fingerprint density at radius 3 is 2.76 bits per heavy atom. The predicted octanol–water partition coefficient (Wildman–Crippen LogP) is 0.164. The number of ether oxygens (including phenoxy) is 3. The van der Waals surface area contributed by atoms with E-state index in [-0.39, 0.29) is 24.5 Å². The minimum absolute atomic E-state index is 0.102. The number of rotatable bonds is 5. The first-order valence-electron chi connectivity index (χ1n) is 6.23. The van der Waals surface area contributed by atoms with Gasteiger partial charge in [0, 0.05) is 12.1 Å². The summed E-state index contributed by atoms with van der Waals surface area (Å²) < 4.78 is 15.4. The van der Waals surface area contributed by atoms with Crippen molar-refractivity contribution in [3.05, 3.63) is 23.3 Å². The van der Waals surface area contributed by atoms with Crippen LogP contribution in [0.5, 0.6) is 11.5 Å². The van der Waals surface area contributed by atoms with Gasteiger partial charge >= 0.3 is 12.0 Å². The van der Waals surface area contributed by atoms with E-state index in [4.69, 9.17) is 19.3 Å². The number of aliphatic hydroxyl groups excluding tert-OH is 1. The molecule has 0 bridgehead atoms. The largest absolute Gasteiger partial charge is 0.493 e. The third-order valence-corrected chi connectivity index (χ3v) is 2.95. The summed E-state index contributed by atoms with van der Waals surface area (Å²) in [6.07, 6.45) is -0.911. The number of hydrogen-bond donors (Lipinski definition) is 3. The van der Waals surface area contributed by atoms with E-state index in [1.165, 1.54) is 14.2 Å². The Kier molecular flexibility index (Phi) is 4.49. The molecule has 0 saturated heterocycles. The minimum Gasteiger partial charge on any atom is -0.493 e. The summed E-state index contributed by atoms with van der Waals surface area (Å²) >= 11 is 0. The molecule has 2 amide bonds. The van der Waals surface area contributed by atoms with Crippen LogP contribution in [-0.4, -0.2) is 44.5 Å². The molecule has 0 unspecified atom stereocenters. The Balaban J connectivity index is 2.26. The van der Waals surface area contributed by atoms with Crippen molar-refractivity contribution in [3.63, 3.8) is 0 Å². The van der Waals surface area contributed by atoms with E-state index < -0.39 is 18.2 Å². The molecule has 1 heterocycles. The average molecular weight is 296 g/mol. The fraction of sp³-hybridized carbons (Fsp3) is 0.385. The number of urea groups is 1. The van der Waals surface area contributed by atoms with Gasteiger partial charge in [-0.05, 0) is 12.1 Å². The van der Waals surface area contributed by atoms with Crippen molar-refractivity contribution in [3.8, 4) is 11.5 Å². The van der Waals surface area contributed by atoms with Crippen LogP contribution in [0.4, 0.5) is 4.79 Å². The first kappa shape index (κ1) is 14.9. The van der Waals surface area contributed by atoms with Crippen LogP contribution in [0.2, 0.25) is 0 Å². The van der Waals surface area contributed by atoms with E-state index in [1.807, 2.05) is 0 Å². The van der Waals surface area contributed by atoms with Crippen molar-refractivity contribution >= 4 is 12.0 Å². The lowest BCUT2D eigenvalue weighted by atomic mass is 10.1. The fourth-order valence-corrected chi connectivity index (χ4v) is 2.05. The molecule has 114 valence electrons. The molecular formula is C13H16N2O6. The van der Waals surface area contributed by atoms with Crippen molar-refractivity contribution in [2.45, 2.75) is 6.23 Å². The van der Waals surface area contributed by atoms with Gasteiger partial charge in [0.1, 0.15) is 5.56 Å². The number of hydrogen-bond acceptors (Lipinski definition) is 6. The third kappa shape index (κ3) is 2.84. The summed E-state index contributed by atoms with van der Waals surface area (Å²) in [6, 6.07) is 2.70. The number of carbonyl (C=O) groups excluding carboxylic acids is 2. The highest BCUT2D eigenvalue weighted by Crippen LogP contribution is 2.40. The molecule has 0 aliphatic carbocycles. The maximum Gasteiger partial charge on any atom is 0.344 e. The molecular weight excluding hydrogens is 280 g/mol. The number of nitrogens with one attached hydrogen (secondary N) is 2. The molecule has 1 aliphatic heterocycles. The zero-order valence-electron chi connectivity index (χ0n) is 11.6. The highest BCUT2D eigenvalue weighted by atomic mass is 16.6. The first-order chi connectivity index (χ1) is 10.1. The van der Waals surface area contributed by atoms with Gasteiger partial charge in [-0.2, -0.15) is 0 Å². The molecule has 8 heteroatoms. The number of amides is 2. The van der Waals surface area contributed by atoms with Gasteiger partial charge in [-0.3, -0.25) is 5.32 Å².